The van der Waals surface area contributed by atoms with Crippen molar-refractivity contribution in [1.29, 1.82) is 0 Å². The topological polar surface area (TPSA) is 35.5 Å². The second-order valence-electron chi connectivity index (χ2n) is 3.74. The maximum absolute atomic E-state index is 8.66. The minimum absolute atomic E-state index is 0. The van der Waals surface area contributed by atoms with Crippen molar-refractivity contribution < 1.29 is 5.11 Å². The Hall–Kier alpha value is -0.770. The number of aliphatic hydroxyl groups is 1. The van der Waals surface area contributed by atoms with Crippen molar-refractivity contribution in [3.05, 3.63) is 29.8 Å². The van der Waals surface area contributed by atoms with Crippen molar-refractivity contribution in [3.63, 3.8) is 0 Å². The van der Waals surface area contributed by atoms with Gasteiger partial charge in [-0.2, -0.15) is 0 Å². The van der Waals surface area contributed by atoms with Gasteiger partial charge in [-0.3, -0.25) is 0 Å². The number of halogens is 1. The van der Waals surface area contributed by atoms with Crippen molar-refractivity contribution in [2.75, 3.05) is 31.1 Å². The molecule has 0 aliphatic carbocycles. The summed E-state index contributed by atoms with van der Waals surface area (Å²) in [6.07, 6.45) is 0. The molecule has 2 N–H and O–H groups in total. The van der Waals surface area contributed by atoms with Crippen molar-refractivity contribution in [2.45, 2.75) is 20.4 Å². The molecule has 1 aromatic rings. The van der Waals surface area contributed by atoms with Gasteiger partial charge in [0.2, 0.25) is 0 Å². The van der Waals surface area contributed by atoms with E-state index in [2.05, 4.69) is 48.3 Å². The van der Waals surface area contributed by atoms with Gasteiger partial charge in [0.05, 0.1) is 6.61 Å². The molecule has 0 fully saturated rings. The summed E-state index contributed by atoms with van der Waals surface area (Å²) in [5.74, 6) is 0. The number of nitrogens with zero attached hydrogens (tertiary/aromatic N) is 1. The maximum atomic E-state index is 8.66. The molecule has 0 aliphatic rings. The van der Waals surface area contributed by atoms with Gasteiger partial charge >= 0.3 is 0 Å². The molecule has 0 radical (unpaired) electrons. The van der Waals surface area contributed by atoms with Gasteiger partial charge in [0.15, 0.2) is 0 Å². The van der Waals surface area contributed by atoms with Crippen LogP contribution >= 0.6 is 12.4 Å². The van der Waals surface area contributed by atoms with Crippen molar-refractivity contribution >= 4 is 18.1 Å². The van der Waals surface area contributed by atoms with Crippen LogP contribution in [0.1, 0.15) is 19.4 Å². The Morgan fingerprint density at radius 1 is 1.12 bits per heavy atom. The van der Waals surface area contributed by atoms with E-state index in [1.807, 2.05) is 0 Å². The number of rotatable bonds is 7. The maximum Gasteiger partial charge on any atom is 0.0556 e. The van der Waals surface area contributed by atoms with E-state index < -0.39 is 0 Å². The number of hydrogen-bond donors (Lipinski definition) is 2. The minimum Gasteiger partial charge on any atom is -0.395 e. The molecule has 0 amide bonds. The zero-order chi connectivity index (χ0) is 11.8. The molecule has 0 unspecified atom stereocenters. The summed E-state index contributed by atoms with van der Waals surface area (Å²) in [6.45, 7) is 8.08. The lowest BCUT2D eigenvalue weighted by Gasteiger charge is -2.21. The SMILES string of the molecule is CCN(CC)c1ccc(CNCCO)cc1.Cl. The predicted octanol–water partition coefficient (Wildman–Crippen LogP) is 2.04. The Labute approximate surface area is 110 Å². The molecular formula is C13H23ClN2O. The van der Waals surface area contributed by atoms with Crippen LogP contribution in [0.5, 0.6) is 0 Å². The number of benzene rings is 1. The smallest absolute Gasteiger partial charge is 0.0556 e. The lowest BCUT2D eigenvalue weighted by Crippen LogP contribution is -2.22. The van der Waals surface area contributed by atoms with Gasteiger partial charge < -0.3 is 15.3 Å². The molecule has 1 aromatic carbocycles. The first-order valence-corrected chi connectivity index (χ1v) is 5.97. The van der Waals surface area contributed by atoms with E-state index in [-0.39, 0.29) is 19.0 Å². The quantitative estimate of drug-likeness (QED) is 0.735. The zero-order valence-corrected chi connectivity index (χ0v) is 11.5. The number of anilines is 1. The molecule has 0 atom stereocenters. The largest absolute Gasteiger partial charge is 0.395 e. The number of aliphatic hydroxyl groups excluding tert-OH is 1. The lowest BCUT2D eigenvalue weighted by atomic mass is 10.2. The second kappa shape index (κ2) is 9.28. The van der Waals surface area contributed by atoms with Gasteiger partial charge in [-0.05, 0) is 31.5 Å². The van der Waals surface area contributed by atoms with Gasteiger partial charge in [-0.25, -0.2) is 0 Å². The lowest BCUT2D eigenvalue weighted by molar-refractivity contribution is 0.292. The number of nitrogens with one attached hydrogen (secondary N) is 1. The Morgan fingerprint density at radius 3 is 2.18 bits per heavy atom. The normalized spacial score (nSPS) is 9.82. The molecule has 4 heteroatoms. The van der Waals surface area contributed by atoms with Gasteiger partial charge in [-0.15, -0.1) is 12.4 Å². The fourth-order valence-electron chi connectivity index (χ4n) is 1.73. The highest BCUT2D eigenvalue weighted by molar-refractivity contribution is 5.85. The van der Waals surface area contributed by atoms with Crippen LogP contribution in [0.25, 0.3) is 0 Å². The van der Waals surface area contributed by atoms with E-state index in [0.717, 1.165) is 19.6 Å². The second-order valence-corrected chi connectivity index (χ2v) is 3.74. The zero-order valence-electron chi connectivity index (χ0n) is 10.6. The van der Waals surface area contributed by atoms with Crippen LogP contribution in [0.4, 0.5) is 5.69 Å². The van der Waals surface area contributed by atoms with Crippen molar-refractivity contribution in [3.8, 4) is 0 Å². The Bertz CT molecular complexity index is 286. The van der Waals surface area contributed by atoms with E-state index in [0.29, 0.717) is 6.54 Å². The highest BCUT2D eigenvalue weighted by atomic mass is 35.5. The Kier molecular flexibility index (Phi) is 8.86. The molecule has 0 spiro atoms. The molecule has 98 valence electrons. The van der Waals surface area contributed by atoms with Gasteiger partial charge in [0.25, 0.3) is 0 Å². The Morgan fingerprint density at radius 2 is 1.71 bits per heavy atom. The van der Waals surface area contributed by atoms with E-state index in [9.17, 15) is 0 Å². The van der Waals surface area contributed by atoms with E-state index in [1.165, 1.54) is 11.3 Å². The minimum atomic E-state index is 0. The summed E-state index contributed by atoms with van der Waals surface area (Å²) < 4.78 is 0. The molecule has 0 saturated carbocycles. The third-order valence-electron chi connectivity index (χ3n) is 2.68. The average Bonchev–Trinajstić information content (AvgIpc) is 2.33. The van der Waals surface area contributed by atoms with Gasteiger partial charge in [0.1, 0.15) is 0 Å². The fraction of sp³-hybridized carbons (Fsp3) is 0.538. The monoisotopic (exact) mass is 258 g/mol. The Balaban J connectivity index is 0.00000256. The van der Waals surface area contributed by atoms with Crippen LogP contribution in [0.2, 0.25) is 0 Å². The fourth-order valence-corrected chi connectivity index (χ4v) is 1.73. The molecule has 0 saturated heterocycles. The summed E-state index contributed by atoms with van der Waals surface area (Å²) in [4.78, 5) is 2.32. The van der Waals surface area contributed by atoms with E-state index in [1.54, 1.807) is 0 Å². The highest BCUT2D eigenvalue weighted by Crippen LogP contribution is 2.14. The van der Waals surface area contributed by atoms with Crippen LogP contribution in [0.3, 0.4) is 0 Å². The van der Waals surface area contributed by atoms with Crippen LogP contribution in [-0.2, 0) is 6.54 Å². The molecule has 0 aromatic heterocycles. The van der Waals surface area contributed by atoms with Crippen LogP contribution in [0, 0.1) is 0 Å². The van der Waals surface area contributed by atoms with Crippen molar-refractivity contribution in [1.82, 2.24) is 5.32 Å². The molecule has 0 bridgehead atoms. The molecular weight excluding hydrogens is 236 g/mol. The summed E-state index contributed by atoms with van der Waals surface area (Å²) in [6, 6.07) is 8.59. The van der Waals surface area contributed by atoms with E-state index >= 15 is 0 Å². The highest BCUT2D eigenvalue weighted by Gasteiger charge is 2.00. The molecule has 17 heavy (non-hydrogen) atoms. The van der Waals surface area contributed by atoms with Crippen LogP contribution in [0.15, 0.2) is 24.3 Å². The van der Waals surface area contributed by atoms with Gasteiger partial charge in [0, 0.05) is 31.9 Å². The third kappa shape index (κ3) is 5.39. The predicted molar refractivity (Wildman–Crippen MR) is 76.0 cm³/mol. The van der Waals surface area contributed by atoms with Crippen LogP contribution in [-0.4, -0.2) is 31.3 Å². The summed E-state index contributed by atoms with van der Waals surface area (Å²) in [5.41, 5.74) is 2.53. The first-order chi connectivity index (χ1) is 7.81. The first kappa shape index (κ1) is 16.2. The van der Waals surface area contributed by atoms with Crippen LogP contribution < -0.4 is 10.2 Å². The summed E-state index contributed by atoms with van der Waals surface area (Å²) in [5, 5.41) is 11.8. The van der Waals surface area contributed by atoms with E-state index in [4.69, 9.17) is 5.11 Å². The van der Waals surface area contributed by atoms with Crippen molar-refractivity contribution in [2.24, 2.45) is 0 Å². The molecule has 1 rings (SSSR count). The molecule has 0 aliphatic heterocycles. The van der Waals surface area contributed by atoms with Gasteiger partial charge in [-0.1, -0.05) is 12.1 Å². The average molecular weight is 259 g/mol. The standard InChI is InChI=1S/C13H22N2O.ClH/c1-3-15(4-2)13-7-5-12(6-8-13)11-14-9-10-16;/h5-8,14,16H,3-4,9-11H2,1-2H3;1H. The number of hydrogen-bond acceptors (Lipinski definition) is 3. The first-order valence-electron chi connectivity index (χ1n) is 5.97. The molecule has 0 heterocycles. The summed E-state index contributed by atoms with van der Waals surface area (Å²) >= 11 is 0. The summed E-state index contributed by atoms with van der Waals surface area (Å²) in [7, 11) is 0. The third-order valence-corrected chi connectivity index (χ3v) is 2.68. The molecule has 3 nitrogen and oxygen atoms in total.